The van der Waals surface area contributed by atoms with Crippen molar-refractivity contribution >= 4 is 0 Å². The highest BCUT2D eigenvalue weighted by molar-refractivity contribution is 4.97. The van der Waals surface area contributed by atoms with Crippen LogP contribution in [0.1, 0.15) is 25.7 Å². The highest BCUT2D eigenvalue weighted by Crippen LogP contribution is 2.31. The largest absolute Gasteiger partial charge is 0.311 e. The Balaban J connectivity index is 1.95. The number of nitrogens with zero attached hydrogens (tertiary/aromatic N) is 1. The zero-order chi connectivity index (χ0) is 9.31. The molecule has 0 saturated carbocycles. The molecule has 0 aromatic carbocycles. The lowest BCUT2D eigenvalue weighted by atomic mass is 9.80. The Morgan fingerprint density at radius 3 is 2.69 bits per heavy atom. The van der Waals surface area contributed by atoms with Gasteiger partial charge in [0.2, 0.25) is 0 Å². The van der Waals surface area contributed by atoms with Crippen molar-refractivity contribution in [2.45, 2.75) is 37.4 Å². The third kappa shape index (κ3) is 2.02. The van der Waals surface area contributed by atoms with E-state index in [2.05, 4.69) is 17.3 Å². The molecule has 13 heavy (non-hydrogen) atoms. The maximum Gasteiger partial charge on any atom is 0.103 e. The molecule has 1 N–H and O–H groups in total. The molecule has 0 bridgehead atoms. The van der Waals surface area contributed by atoms with Gasteiger partial charge in [-0.2, -0.15) is 0 Å². The molecule has 2 fully saturated rings. The van der Waals surface area contributed by atoms with E-state index in [1.54, 1.807) is 0 Å². The van der Waals surface area contributed by atoms with Gasteiger partial charge < -0.3 is 10.2 Å². The summed E-state index contributed by atoms with van der Waals surface area (Å²) >= 11 is 0. The Bertz CT molecular complexity index is 176. The predicted molar refractivity (Wildman–Crippen MR) is 51.6 cm³/mol. The molecule has 0 radical (unpaired) electrons. The summed E-state index contributed by atoms with van der Waals surface area (Å²) in [4.78, 5) is 2.33. The Labute approximate surface area is 79.5 Å². The molecule has 76 valence electrons. The van der Waals surface area contributed by atoms with Crippen molar-refractivity contribution in [3.8, 4) is 0 Å². The fraction of sp³-hybridized carbons (Fsp3) is 1.00. The summed E-state index contributed by atoms with van der Waals surface area (Å²) < 4.78 is 13.3. The molecule has 3 heteroatoms. The molecule has 2 heterocycles. The van der Waals surface area contributed by atoms with Crippen molar-refractivity contribution in [2.75, 3.05) is 26.7 Å². The second-order valence-corrected chi connectivity index (χ2v) is 4.60. The Morgan fingerprint density at radius 2 is 2.08 bits per heavy atom. The lowest BCUT2D eigenvalue weighted by molar-refractivity contribution is 0.0869. The Hall–Kier alpha value is -0.150. The summed E-state index contributed by atoms with van der Waals surface area (Å²) in [5, 5.41) is 3.52. The van der Waals surface area contributed by atoms with Crippen LogP contribution in [0.5, 0.6) is 0 Å². The van der Waals surface area contributed by atoms with Crippen LogP contribution in [0.3, 0.4) is 0 Å². The summed E-state index contributed by atoms with van der Waals surface area (Å²) in [6.45, 7) is 3.09. The van der Waals surface area contributed by atoms with Crippen molar-refractivity contribution in [1.82, 2.24) is 10.2 Å². The summed E-state index contributed by atoms with van der Waals surface area (Å²) in [5.41, 5.74) is 0.143. The maximum atomic E-state index is 13.3. The first-order valence-corrected chi connectivity index (χ1v) is 5.28. The second-order valence-electron chi connectivity index (χ2n) is 4.60. The highest BCUT2D eigenvalue weighted by Gasteiger charge is 2.38. The van der Waals surface area contributed by atoms with Crippen molar-refractivity contribution in [2.24, 2.45) is 0 Å². The minimum atomic E-state index is -0.565. The van der Waals surface area contributed by atoms with E-state index >= 15 is 0 Å². The van der Waals surface area contributed by atoms with E-state index in [9.17, 15) is 4.39 Å². The van der Waals surface area contributed by atoms with Crippen LogP contribution in [0, 0.1) is 0 Å². The number of alkyl halides is 1. The van der Waals surface area contributed by atoms with Gasteiger partial charge in [-0.3, -0.25) is 0 Å². The van der Waals surface area contributed by atoms with Crippen molar-refractivity contribution < 1.29 is 4.39 Å². The van der Waals surface area contributed by atoms with Gasteiger partial charge in [0.25, 0.3) is 0 Å². The number of nitrogens with one attached hydrogen (secondary N) is 1. The first-order valence-electron chi connectivity index (χ1n) is 5.28. The van der Waals surface area contributed by atoms with E-state index in [0.717, 1.165) is 38.9 Å². The SMILES string of the molecule is CN1CCC2(CC1)CC(F)CCN2. The first kappa shape index (κ1) is 9.41. The van der Waals surface area contributed by atoms with Crippen LogP contribution in [0.2, 0.25) is 0 Å². The highest BCUT2D eigenvalue weighted by atomic mass is 19.1. The fourth-order valence-corrected chi connectivity index (χ4v) is 2.52. The quantitative estimate of drug-likeness (QED) is 0.611. The summed E-state index contributed by atoms with van der Waals surface area (Å²) in [6.07, 6.45) is 3.11. The normalized spacial score (nSPS) is 35.1. The smallest absolute Gasteiger partial charge is 0.103 e. The van der Waals surface area contributed by atoms with Gasteiger partial charge in [0.1, 0.15) is 6.17 Å². The summed E-state index contributed by atoms with van der Waals surface area (Å²) in [7, 11) is 2.14. The van der Waals surface area contributed by atoms with Crippen LogP contribution in [0.15, 0.2) is 0 Å². The summed E-state index contributed by atoms with van der Waals surface area (Å²) in [5.74, 6) is 0. The number of halogens is 1. The third-order valence-corrected chi connectivity index (χ3v) is 3.51. The minimum absolute atomic E-state index is 0.143. The molecule has 2 aliphatic heterocycles. The molecule has 2 saturated heterocycles. The van der Waals surface area contributed by atoms with E-state index in [4.69, 9.17) is 0 Å². The molecule has 0 aliphatic carbocycles. The predicted octanol–water partition coefficient (Wildman–Crippen LogP) is 1.17. The van der Waals surface area contributed by atoms with Crippen LogP contribution < -0.4 is 5.32 Å². The number of hydrogen-bond acceptors (Lipinski definition) is 2. The van der Waals surface area contributed by atoms with Gasteiger partial charge in [-0.15, -0.1) is 0 Å². The lowest BCUT2D eigenvalue weighted by Crippen LogP contribution is -2.57. The van der Waals surface area contributed by atoms with Crippen LogP contribution in [-0.2, 0) is 0 Å². The number of rotatable bonds is 0. The molecule has 0 amide bonds. The van der Waals surface area contributed by atoms with E-state index in [1.807, 2.05) is 0 Å². The Kier molecular flexibility index (Phi) is 2.56. The molecule has 2 aliphatic rings. The Morgan fingerprint density at radius 1 is 1.38 bits per heavy atom. The second kappa shape index (κ2) is 3.54. The molecule has 1 atom stereocenters. The first-order chi connectivity index (χ1) is 6.20. The van der Waals surface area contributed by atoms with Crippen molar-refractivity contribution in [1.29, 1.82) is 0 Å². The van der Waals surface area contributed by atoms with Gasteiger partial charge in [-0.25, -0.2) is 4.39 Å². The average molecular weight is 186 g/mol. The molecule has 1 spiro atoms. The van der Waals surface area contributed by atoms with E-state index in [1.165, 1.54) is 0 Å². The molecule has 1 unspecified atom stereocenters. The zero-order valence-electron chi connectivity index (χ0n) is 8.35. The molecule has 2 rings (SSSR count). The van der Waals surface area contributed by atoms with E-state index in [0.29, 0.717) is 6.42 Å². The molecular weight excluding hydrogens is 167 g/mol. The zero-order valence-corrected chi connectivity index (χ0v) is 8.35. The molecule has 2 nitrogen and oxygen atoms in total. The van der Waals surface area contributed by atoms with E-state index in [-0.39, 0.29) is 5.54 Å². The van der Waals surface area contributed by atoms with Crippen molar-refractivity contribution in [3.63, 3.8) is 0 Å². The fourth-order valence-electron chi connectivity index (χ4n) is 2.52. The number of likely N-dealkylation sites (tertiary alicyclic amines) is 1. The van der Waals surface area contributed by atoms with Crippen LogP contribution in [0.4, 0.5) is 4.39 Å². The molecule has 0 aromatic rings. The van der Waals surface area contributed by atoms with Gasteiger partial charge >= 0.3 is 0 Å². The number of piperidine rings is 2. The third-order valence-electron chi connectivity index (χ3n) is 3.51. The van der Waals surface area contributed by atoms with Gasteiger partial charge in [0.15, 0.2) is 0 Å². The topological polar surface area (TPSA) is 15.3 Å². The van der Waals surface area contributed by atoms with Crippen LogP contribution in [-0.4, -0.2) is 43.3 Å². The van der Waals surface area contributed by atoms with Crippen LogP contribution >= 0.6 is 0 Å². The standard InChI is InChI=1S/C10H19FN2/c1-13-6-3-10(4-7-13)8-9(11)2-5-12-10/h9,12H,2-8H2,1H3. The van der Waals surface area contributed by atoms with E-state index < -0.39 is 6.17 Å². The van der Waals surface area contributed by atoms with Crippen molar-refractivity contribution in [3.05, 3.63) is 0 Å². The molecular formula is C10H19FN2. The van der Waals surface area contributed by atoms with Gasteiger partial charge in [0, 0.05) is 5.54 Å². The van der Waals surface area contributed by atoms with Crippen LogP contribution in [0.25, 0.3) is 0 Å². The van der Waals surface area contributed by atoms with Gasteiger partial charge in [-0.1, -0.05) is 0 Å². The van der Waals surface area contributed by atoms with Gasteiger partial charge in [0.05, 0.1) is 0 Å². The molecule has 0 aromatic heterocycles. The lowest BCUT2D eigenvalue weighted by Gasteiger charge is -2.45. The number of hydrogen-bond donors (Lipinski definition) is 1. The van der Waals surface area contributed by atoms with Gasteiger partial charge in [-0.05, 0) is 52.4 Å². The average Bonchev–Trinajstić information content (AvgIpc) is 2.11. The summed E-state index contributed by atoms with van der Waals surface area (Å²) in [6, 6.07) is 0. The monoisotopic (exact) mass is 186 g/mol. The minimum Gasteiger partial charge on any atom is -0.311 e. The maximum absolute atomic E-state index is 13.3.